The molecule has 0 aliphatic heterocycles. The maximum atomic E-state index is 5.53. The molecule has 0 aliphatic rings. The van der Waals surface area contributed by atoms with Crippen LogP contribution in [0.3, 0.4) is 0 Å². The summed E-state index contributed by atoms with van der Waals surface area (Å²) >= 11 is 0. The van der Waals surface area contributed by atoms with Crippen molar-refractivity contribution in [3.05, 3.63) is 36.1 Å². The molecule has 1 aromatic carbocycles. The summed E-state index contributed by atoms with van der Waals surface area (Å²) < 4.78 is 10.7. The fourth-order valence-electron chi connectivity index (χ4n) is 1.65. The summed E-state index contributed by atoms with van der Waals surface area (Å²) in [6, 6.07) is 9.78. The molecule has 0 radical (unpaired) electrons. The van der Waals surface area contributed by atoms with Gasteiger partial charge in [0.2, 0.25) is 0 Å². The number of nitrogens with two attached hydrogens (primary N) is 1. The molecule has 0 atom stereocenters. The number of ether oxygens (including phenoxy) is 1. The Labute approximate surface area is 107 Å². The molecule has 0 bridgehead atoms. The molecule has 18 heavy (non-hydrogen) atoms. The number of hydrogen-bond donors (Lipinski definition) is 1. The zero-order valence-electron chi connectivity index (χ0n) is 10.6. The average molecular weight is 246 g/mol. The molecule has 4 nitrogen and oxygen atoms in total. The van der Waals surface area contributed by atoms with Crippen LogP contribution in [0.1, 0.15) is 19.1 Å². The van der Waals surface area contributed by atoms with Gasteiger partial charge in [-0.05, 0) is 37.2 Å². The van der Waals surface area contributed by atoms with E-state index in [1.165, 1.54) is 0 Å². The Hall–Kier alpha value is -1.81. The summed E-state index contributed by atoms with van der Waals surface area (Å²) in [5, 5.41) is 4.03. The van der Waals surface area contributed by atoms with E-state index in [1.807, 2.05) is 30.3 Å². The first-order valence-electron chi connectivity index (χ1n) is 6.22. The van der Waals surface area contributed by atoms with Crippen LogP contribution in [-0.4, -0.2) is 18.3 Å². The van der Waals surface area contributed by atoms with Crippen molar-refractivity contribution in [3.63, 3.8) is 0 Å². The van der Waals surface area contributed by atoms with Gasteiger partial charge >= 0.3 is 0 Å². The summed E-state index contributed by atoms with van der Waals surface area (Å²) in [5.74, 6) is 1.70. The first kappa shape index (κ1) is 12.6. The molecular formula is C14H18N2O2. The van der Waals surface area contributed by atoms with Crippen molar-refractivity contribution < 1.29 is 9.26 Å². The fraction of sp³-hybridized carbons (Fsp3) is 0.357. The Bertz CT molecular complexity index is 477. The molecule has 0 amide bonds. The highest BCUT2D eigenvalue weighted by atomic mass is 16.5. The Balaban J connectivity index is 2.07. The molecule has 0 aliphatic carbocycles. The van der Waals surface area contributed by atoms with E-state index in [9.17, 15) is 0 Å². The minimum Gasteiger partial charge on any atom is -0.494 e. The lowest BCUT2D eigenvalue weighted by Crippen LogP contribution is -2.01. The van der Waals surface area contributed by atoms with E-state index in [2.05, 4.69) is 12.1 Å². The number of benzene rings is 1. The zero-order valence-corrected chi connectivity index (χ0v) is 10.6. The topological polar surface area (TPSA) is 61.3 Å². The van der Waals surface area contributed by atoms with Crippen LogP contribution in [0.4, 0.5) is 0 Å². The Morgan fingerprint density at radius 2 is 2.06 bits per heavy atom. The van der Waals surface area contributed by atoms with Gasteiger partial charge in [0.25, 0.3) is 0 Å². The quantitative estimate of drug-likeness (QED) is 0.851. The maximum Gasteiger partial charge on any atom is 0.138 e. The van der Waals surface area contributed by atoms with Crippen molar-refractivity contribution >= 4 is 0 Å². The van der Waals surface area contributed by atoms with Crippen LogP contribution in [0.2, 0.25) is 0 Å². The third kappa shape index (κ3) is 3.11. The largest absolute Gasteiger partial charge is 0.494 e. The second-order valence-electron chi connectivity index (χ2n) is 4.09. The molecule has 96 valence electrons. The number of rotatable bonds is 6. The van der Waals surface area contributed by atoms with Crippen molar-refractivity contribution in [2.45, 2.75) is 19.8 Å². The van der Waals surface area contributed by atoms with E-state index in [-0.39, 0.29) is 0 Å². The highest BCUT2D eigenvalue weighted by Gasteiger charge is 2.06. The summed E-state index contributed by atoms with van der Waals surface area (Å²) in [6.45, 7) is 3.39. The molecule has 1 aromatic heterocycles. The van der Waals surface area contributed by atoms with Gasteiger partial charge in [-0.1, -0.05) is 12.1 Å². The van der Waals surface area contributed by atoms with Gasteiger partial charge in [-0.15, -0.1) is 0 Å². The van der Waals surface area contributed by atoms with E-state index in [1.54, 1.807) is 0 Å². The highest BCUT2D eigenvalue weighted by molar-refractivity contribution is 5.59. The lowest BCUT2D eigenvalue weighted by atomic mass is 10.1. The van der Waals surface area contributed by atoms with Crippen molar-refractivity contribution in [3.8, 4) is 17.0 Å². The minimum atomic E-state index is 0.568. The normalized spacial score (nSPS) is 10.6. The van der Waals surface area contributed by atoms with E-state index in [4.69, 9.17) is 15.0 Å². The molecule has 0 saturated carbocycles. The summed E-state index contributed by atoms with van der Waals surface area (Å²) in [7, 11) is 0. The van der Waals surface area contributed by atoms with Crippen molar-refractivity contribution in [2.75, 3.05) is 13.2 Å². The maximum absolute atomic E-state index is 5.53. The molecule has 0 spiro atoms. The SMILES string of the molecule is CCCOc1ccc(-c2cc(CCN)on2)cc1. The summed E-state index contributed by atoms with van der Waals surface area (Å²) in [5.41, 5.74) is 7.32. The van der Waals surface area contributed by atoms with E-state index >= 15 is 0 Å². The monoisotopic (exact) mass is 246 g/mol. The fourth-order valence-corrected chi connectivity index (χ4v) is 1.65. The third-order valence-electron chi connectivity index (χ3n) is 2.57. The predicted octanol–water partition coefficient (Wildman–Crippen LogP) is 2.63. The van der Waals surface area contributed by atoms with Crippen LogP contribution in [0.25, 0.3) is 11.3 Å². The zero-order chi connectivity index (χ0) is 12.8. The van der Waals surface area contributed by atoms with Gasteiger partial charge < -0.3 is 15.0 Å². The van der Waals surface area contributed by atoms with Gasteiger partial charge in [-0.25, -0.2) is 0 Å². The number of nitrogens with zero attached hydrogens (tertiary/aromatic N) is 1. The molecule has 2 rings (SSSR count). The van der Waals surface area contributed by atoms with Crippen LogP contribution >= 0.6 is 0 Å². The second kappa shape index (κ2) is 6.21. The van der Waals surface area contributed by atoms with Crippen LogP contribution < -0.4 is 10.5 Å². The van der Waals surface area contributed by atoms with Crippen molar-refractivity contribution in [1.29, 1.82) is 0 Å². The third-order valence-corrected chi connectivity index (χ3v) is 2.57. The van der Waals surface area contributed by atoms with Gasteiger partial charge in [0.05, 0.1) is 6.61 Å². The molecular weight excluding hydrogens is 228 g/mol. The lowest BCUT2D eigenvalue weighted by molar-refractivity contribution is 0.317. The first-order valence-corrected chi connectivity index (χ1v) is 6.22. The van der Waals surface area contributed by atoms with Gasteiger partial charge in [-0.3, -0.25) is 0 Å². The Kier molecular flexibility index (Phi) is 4.36. The minimum absolute atomic E-state index is 0.568. The Morgan fingerprint density at radius 3 is 2.72 bits per heavy atom. The Morgan fingerprint density at radius 1 is 1.28 bits per heavy atom. The average Bonchev–Trinajstić information content (AvgIpc) is 2.86. The molecule has 1 heterocycles. The highest BCUT2D eigenvalue weighted by Crippen LogP contribution is 2.22. The first-order chi connectivity index (χ1) is 8.83. The van der Waals surface area contributed by atoms with Crippen molar-refractivity contribution in [2.24, 2.45) is 5.73 Å². The predicted molar refractivity (Wildman–Crippen MR) is 70.5 cm³/mol. The smallest absolute Gasteiger partial charge is 0.138 e. The van der Waals surface area contributed by atoms with E-state index < -0.39 is 0 Å². The number of hydrogen-bond acceptors (Lipinski definition) is 4. The van der Waals surface area contributed by atoms with Gasteiger partial charge in [0.15, 0.2) is 0 Å². The second-order valence-corrected chi connectivity index (χ2v) is 4.09. The summed E-state index contributed by atoms with van der Waals surface area (Å²) in [4.78, 5) is 0. The van der Waals surface area contributed by atoms with Crippen LogP contribution in [0.15, 0.2) is 34.9 Å². The van der Waals surface area contributed by atoms with E-state index in [0.717, 1.165) is 35.8 Å². The van der Waals surface area contributed by atoms with Gasteiger partial charge in [-0.2, -0.15) is 0 Å². The molecule has 0 fully saturated rings. The number of aromatic nitrogens is 1. The molecule has 0 unspecified atom stereocenters. The summed E-state index contributed by atoms with van der Waals surface area (Å²) in [6.07, 6.45) is 1.72. The molecule has 2 aromatic rings. The van der Waals surface area contributed by atoms with Crippen LogP contribution in [0.5, 0.6) is 5.75 Å². The lowest BCUT2D eigenvalue weighted by Gasteiger charge is -2.04. The standard InChI is InChI=1S/C14H18N2O2/c1-2-9-17-12-5-3-11(4-6-12)14-10-13(7-8-15)18-16-14/h3-6,10H,2,7-9,15H2,1H3. The van der Waals surface area contributed by atoms with Crippen molar-refractivity contribution in [1.82, 2.24) is 5.16 Å². The van der Waals surface area contributed by atoms with E-state index in [0.29, 0.717) is 13.0 Å². The molecule has 2 N–H and O–H groups in total. The van der Waals surface area contributed by atoms with Crippen LogP contribution in [-0.2, 0) is 6.42 Å². The van der Waals surface area contributed by atoms with Gasteiger partial charge in [0, 0.05) is 18.1 Å². The van der Waals surface area contributed by atoms with Gasteiger partial charge in [0.1, 0.15) is 17.2 Å². The van der Waals surface area contributed by atoms with Crippen LogP contribution in [0, 0.1) is 0 Å². The molecule has 0 saturated heterocycles. The molecule has 4 heteroatoms.